The van der Waals surface area contributed by atoms with Crippen LogP contribution in [0.3, 0.4) is 0 Å². The lowest BCUT2D eigenvalue weighted by Crippen LogP contribution is -2.29. The number of rotatable bonds is 3. The number of ether oxygens (including phenoxy) is 1. The number of halogens is 3. The number of methoxy groups -OCH3 is 1. The summed E-state index contributed by atoms with van der Waals surface area (Å²) < 4.78 is 10.7. The summed E-state index contributed by atoms with van der Waals surface area (Å²) in [7, 11) is 1.26. The highest BCUT2D eigenvalue weighted by atomic mass is 35.5. The van der Waals surface area contributed by atoms with Crippen LogP contribution in [0.2, 0.25) is 15.1 Å². The molecule has 0 saturated carbocycles. The van der Waals surface area contributed by atoms with Crippen LogP contribution in [-0.2, 0) is 4.74 Å². The second-order valence-electron chi connectivity index (χ2n) is 7.47. The van der Waals surface area contributed by atoms with E-state index in [2.05, 4.69) is 4.98 Å². The minimum atomic E-state index is -0.923. The highest BCUT2D eigenvalue weighted by Crippen LogP contribution is 2.44. The highest BCUT2D eigenvalue weighted by molar-refractivity contribution is 7.17. The molecule has 0 fully saturated rings. The Labute approximate surface area is 211 Å². The molecule has 172 valence electrons. The number of carbonyl (C=O) groups is 2. The fourth-order valence-electron chi connectivity index (χ4n) is 3.91. The molecule has 3 heterocycles. The largest absolute Gasteiger partial charge is 0.465 e. The first-order valence-corrected chi connectivity index (χ1v) is 11.8. The number of amides is 1. The number of aryl methyl sites for hydroxylation is 1. The Kier molecular flexibility index (Phi) is 5.64. The fraction of sp³-hybridized carbons (Fsp3) is 0.130. The summed E-state index contributed by atoms with van der Waals surface area (Å²) in [4.78, 5) is 45.4. The van der Waals surface area contributed by atoms with E-state index in [0.29, 0.717) is 21.3 Å². The monoisotopic (exact) mass is 534 g/mol. The Bertz CT molecular complexity index is 1580. The van der Waals surface area contributed by atoms with E-state index in [1.54, 1.807) is 31.2 Å². The van der Waals surface area contributed by atoms with Gasteiger partial charge in [-0.1, -0.05) is 52.2 Å². The summed E-state index contributed by atoms with van der Waals surface area (Å²) in [5.74, 6) is -1.28. The van der Waals surface area contributed by atoms with Gasteiger partial charge in [0.15, 0.2) is 10.6 Å². The number of benzene rings is 2. The summed E-state index contributed by atoms with van der Waals surface area (Å²) >= 11 is 19.5. The minimum Gasteiger partial charge on any atom is -0.465 e. The standard InChI is InChI=1S/C23H13Cl3N2O5S/c1-9-20(22(31)32-2)34-23(27-9)28-17(10-3-5-13(25)14(26)7-10)16-18(29)12-8-11(24)4-6-15(12)33-19(16)21(28)30/h3-8,17H,1-2H3. The van der Waals surface area contributed by atoms with Gasteiger partial charge in [0, 0.05) is 5.02 Å². The molecule has 0 spiro atoms. The van der Waals surface area contributed by atoms with Crippen LogP contribution in [0.15, 0.2) is 45.6 Å². The lowest BCUT2D eigenvalue weighted by Gasteiger charge is -2.22. The molecule has 34 heavy (non-hydrogen) atoms. The maximum absolute atomic E-state index is 13.6. The van der Waals surface area contributed by atoms with Crippen LogP contribution in [0.1, 0.15) is 43.1 Å². The molecule has 0 saturated heterocycles. The van der Waals surface area contributed by atoms with E-state index in [0.717, 1.165) is 11.3 Å². The number of nitrogens with zero attached hydrogens (tertiary/aromatic N) is 2. The summed E-state index contributed by atoms with van der Waals surface area (Å²) in [6, 6.07) is 8.49. The average Bonchev–Trinajstić information content (AvgIpc) is 3.33. The molecule has 5 rings (SSSR count). The normalized spacial score (nSPS) is 15.1. The van der Waals surface area contributed by atoms with E-state index in [9.17, 15) is 14.4 Å². The van der Waals surface area contributed by atoms with Crippen molar-refractivity contribution >= 4 is 74.1 Å². The van der Waals surface area contributed by atoms with E-state index in [-0.39, 0.29) is 37.3 Å². The van der Waals surface area contributed by atoms with E-state index in [1.165, 1.54) is 24.1 Å². The molecule has 1 amide bonds. The first kappa shape index (κ1) is 22.9. The van der Waals surface area contributed by atoms with Gasteiger partial charge in [-0.2, -0.15) is 0 Å². The van der Waals surface area contributed by atoms with Crippen molar-refractivity contribution in [3.05, 3.63) is 89.1 Å². The zero-order chi connectivity index (χ0) is 24.3. The second kappa shape index (κ2) is 8.39. The van der Waals surface area contributed by atoms with Gasteiger partial charge in [0.25, 0.3) is 5.91 Å². The van der Waals surface area contributed by atoms with E-state index >= 15 is 0 Å². The van der Waals surface area contributed by atoms with Crippen molar-refractivity contribution in [2.45, 2.75) is 13.0 Å². The lowest BCUT2D eigenvalue weighted by atomic mass is 9.99. The van der Waals surface area contributed by atoms with E-state index in [1.807, 2.05) is 0 Å². The van der Waals surface area contributed by atoms with Gasteiger partial charge in [0.1, 0.15) is 10.5 Å². The van der Waals surface area contributed by atoms with Gasteiger partial charge in [-0.15, -0.1) is 0 Å². The second-order valence-corrected chi connectivity index (χ2v) is 9.70. The molecule has 2 aromatic heterocycles. The molecule has 7 nitrogen and oxygen atoms in total. The number of aromatic nitrogens is 1. The van der Waals surface area contributed by atoms with Crippen molar-refractivity contribution in [3.8, 4) is 0 Å². The topological polar surface area (TPSA) is 89.7 Å². The smallest absolute Gasteiger partial charge is 0.350 e. The van der Waals surface area contributed by atoms with Gasteiger partial charge >= 0.3 is 5.97 Å². The number of carbonyl (C=O) groups excluding carboxylic acids is 2. The van der Waals surface area contributed by atoms with Crippen molar-refractivity contribution in [1.29, 1.82) is 0 Å². The van der Waals surface area contributed by atoms with Gasteiger partial charge in [0.05, 0.1) is 39.8 Å². The molecule has 1 aliphatic rings. The molecule has 0 radical (unpaired) electrons. The zero-order valence-corrected chi connectivity index (χ0v) is 20.6. The van der Waals surface area contributed by atoms with E-state index in [4.69, 9.17) is 44.0 Å². The maximum atomic E-state index is 13.6. The van der Waals surface area contributed by atoms with Crippen LogP contribution in [0, 0.1) is 6.92 Å². The van der Waals surface area contributed by atoms with Gasteiger partial charge in [-0.25, -0.2) is 9.78 Å². The van der Waals surface area contributed by atoms with Crippen molar-refractivity contribution < 1.29 is 18.7 Å². The zero-order valence-electron chi connectivity index (χ0n) is 17.5. The van der Waals surface area contributed by atoms with Crippen LogP contribution >= 0.6 is 46.1 Å². The summed E-state index contributed by atoms with van der Waals surface area (Å²) in [5, 5.41) is 1.35. The van der Waals surface area contributed by atoms with Gasteiger partial charge in [0.2, 0.25) is 5.76 Å². The van der Waals surface area contributed by atoms with Crippen molar-refractivity contribution in [3.63, 3.8) is 0 Å². The SMILES string of the molecule is COC(=O)c1sc(N2C(=O)c3oc4ccc(Cl)cc4c(=O)c3C2c2ccc(Cl)c(Cl)c2)nc1C. The van der Waals surface area contributed by atoms with Gasteiger partial charge in [-0.3, -0.25) is 14.5 Å². The molecule has 0 aliphatic carbocycles. The van der Waals surface area contributed by atoms with Crippen LogP contribution in [0.5, 0.6) is 0 Å². The Morgan fingerprint density at radius 2 is 1.88 bits per heavy atom. The predicted octanol–water partition coefficient (Wildman–Crippen LogP) is 6.05. The number of fused-ring (bicyclic) bond motifs is 2. The Balaban J connectivity index is 1.80. The molecule has 1 atom stereocenters. The molecule has 4 aromatic rings. The highest BCUT2D eigenvalue weighted by Gasteiger charge is 2.45. The average molecular weight is 536 g/mol. The Morgan fingerprint density at radius 3 is 2.59 bits per heavy atom. The number of hydrogen-bond acceptors (Lipinski definition) is 7. The third-order valence-corrected chi connectivity index (χ3v) is 7.56. The predicted molar refractivity (Wildman–Crippen MR) is 131 cm³/mol. The molecular weight excluding hydrogens is 523 g/mol. The molecule has 1 unspecified atom stereocenters. The van der Waals surface area contributed by atoms with Crippen LogP contribution in [0.25, 0.3) is 11.0 Å². The first-order chi connectivity index (χ1) is 16.2. The quantitative estimate of drug-likeness (QED) is 0.297. The van der Waals surface area contributed by atoms with Crippen molar-refractivity contribution in [2.24, 2.45) is 0 Å². The number of thiazole rings is 1. The van der Waals surface area contributed by atoms with E-state index < -0.39 is 23.3 Å². The summed E-state index contributed by atoms with van der Waals surface area (Å²) in [6.07, 6.45) is 0. The number of anilines is 1. The number of hydrogen-bond donors (Lipinski definition) is 0. The summed E-state index contributed by atoms with van der Waals surface area (Å²) in [6.45, 7) is 1.63. The fourth-order valence-corrected chi connectivity index (χ4v) is 5.40. The minimum absolute atomic E-state index is 0.116. The molecule has 0 N–H and O–H groups in total. The Morgan fingerprint density at radius 1 is 1.12 bits per heavy atom. The molecule has 11 heteroatoms. The van der Waals surface area contributed by atoms with Crippen LogP contribution in [-0.4, -0.2) is 24.0 Å². The third-order valence-electron chi connectivity index (χ3n) is 5.45. The molecule has 2 aromatic carbocycles. The van der Waals surface area contributed by atoms with Crippen molar-refractivity contribution in [1.82, 2.24) is 4.98 Å². The molecule has 0 bridgehead atoms. The van der Waals surface area contributed by atoms with Gasteiger partial charge in [-0.05, 0) is 42.8 Å². The lowest BCUT2D eigenvalue weighted by molar-refractivity contribution is 0.0605. The Hall–Kier alpha value is -2.91. The summed E-state index contributed by atoms with van der Waals surface area (Å²) in [5.41, 5.74) is 0.835. The van der Waals surface area contributed by atoms with Gasteiger partial charge < -0.3 is 9.15 Å². The molecular formula is C23H13Cl3N2O5S. The molecule has 1 aliphatic heterocycles. The van der Waals surface area contributed by atoms with Crippen LogP contribution < -0.4 is 10.3 Å². The third kappa shape index (κ3) is 3.49. The maximum Gasteiger partial charge on any atom is 0.350 e. The first-order valence-electron chi connectivity index (χ1n) is 9.81. The number of esters is 1. The van der Waals surface area contributed by atoms with Crippen molar-refractivity contribution in [2.75, 3.05) is 12.0 Å². The van der Waals surface area contributed by atoms with Crippen LogP contribution in [0.4, 0.5) is 5.13 Å².